The van der Waals surface area contributed by atoms with Crippen LogP contribution in [0.1, 0.15) is 12.8 Å². The zero-order valence-electron chi connectivity index (χ0n) is 11.6. The Balaban J connectivity index is 1.60. The van der Waals surface area contributed by atoms with E-state index in [1.807, 2.05) is 24.5 Å². The highest BCUT2D eigenvalue weighted by molar-refractivity contribution is 6.43. The van der Waals surface area contributed by atoms with Gasteiger partial charge in [0.05, 0.1) is 15.7 Å². The largest absolute Gasteiger partial charge is 0.381 e. The van der Waals surface area contributed by atoms with E-state index in [0.717, 1.165) is 31.6 Å². The quantitative estimate of drug-likeness (QED) is 0.904. The van der Waals surface area contributed by atoms with Crippen molar-refractivity contribution in [3.63, 3.8) is 0 Å². The second kappa shape index (κ2) is 6.54. The van der Waals surface area contributed by atoms with Crippen LogP contribution in [0.3, 0.4) is 0 Å². The van der Waals surface area contributed by atoms with Crippen molar-refractivity contribution < 1.29 is 0 Å². The molecule has 3 rings (SSSR count). The topological polar surface area (TPSA) is 28.2 Å². The summed E-state index contributed by atoms with van der Waals surface area (Å²) in [5, 5.41) is 4.71. The highest BCUT2D eigenvalue weighted by Gasteiger charge is 2.20. The Morgan fingerprint density at radius 3 is 2.48 bits per heavy atom. The van der Waals surface area contributed by atoms with Crippen molar-refractivity contribution in [1.29, 1.82) is 0 Å². The van der Waals surface area contributed by atoms with E-state index in [0.29, 0.717) is 16.1 Å². The molecule has 0 aliphatic carbocycles. The lowest BCUT2D eigenvalue weighted by Crippen LogP contribution is -2.39. The van der Waals surface area contributed by atoms with Crippen LogP contribution in [-0.4, -0.2) is 24.1 Å². The van der Waals surface area contributed by atoms with Gasteiger partial charge < -0.3 is 10.2 Å². The van der Waals surface area contributed by atoms with Crippen LogP contribution in [0.25, 0.3) is 0 Å². The summed E-state index contributed by atoms with van der Waals surface area (Å²) >= 11 is 12.3. The third-order valence-electron chi connectivity index (χ3n) is 3.83. The minimum Gasteiger partial charge on any atom is -0.381 e. The second-order valence-electron chi connectivity index (χ2n) is 5.21. The average Bonchev–Trinajstić information content (AvgIpc) is 2.53. The molecule has 1 fully saturated rings. The van der Waals surface area contributed by atoms with Gasteiger partial charge in [0.2, 0.25) is 0 Å². The van der Waals surface area contributed by atoms with Gasteiger partial charge in [0, 0.05) is 37.2 Å². The van der Waals surface area contributed by atoms with Gasteiger partial charge in [-0.3, -0.25) is 4.98 Å². The SMILES string of the molecule is Clc1cccc(NC2CCN(c3ccncc3)CC2)c1Cl. The first-order valence-corrected chi connectivity index (χ1v) is 7.85. The van der Waals surface area contributed by atoms with Gasteiger partial charge in [-0.15, -0.1) is 0 Å². The summed E-state index contributed by atoms with van der Waals surface area (Å²) in [6.45, 7) is 2.06. The van der Waals surface area contributed by atoms with Crippen LogP contribution in [0.4, 0.5) is 11.4 Å². The Kier molecular flexibility index (Phi) is 4.51. The molecule has 5 heteroatoms. The number of nitrogens with zero attached hydrogens (tertiary/aromatic N) is 2. The highest BCUT2D eigenvalue weighted by Crippen LogP contribution is 2.31. The van der Waals surface area contributed by atoms with Crippen LogP contribution in [-0.2, 0) is 0 Å². The Hall–Kier alpha value is -1.45. The van der Waals surface area contributed by atoms with Crippen molar-refractivity contribution in [3.8, 4) is 0 Å². The van der Waals surface area contributed by atoms with Crippen LogP contribution in [0.15, 0.2) is 42.7 Å². The summed E-state index contributed by atoms with van der Waals surface area (Å²) < 4.78 is 0. The molecule has 1 aromatic heterocycles. The molecule has 2 aromatic rings. The van der Waals surface area contributed by atoms with Crippen molar-refractivity contribution in [2.75, 3.05) is 23.3 Å². The van der Waals surface area contributed by atoms with E-state index in [2.05, 4.69) is 27.3 Å². The summed E-state index contributed by atoms with van der Waals surface area (Å²) in [4.78, 5) is 6.45. The number of aromatic nitrogens is 1. The molecule has 110 valence electrons. The monoisotopic (exact) mass is 321 g/mol. The predicted molar refractivity (Wildman–Crippen MR) is 89.6 cm³/mol. The van der Waals surface area contributed by atoms with Crippen molar-refractivity contribution >= 4 is 34.6 Å². The summed E-state index contributed by atoms with van der Waals surface area (Å²) in [5.74, 6) is 0. The number of piperidine rings is 1. The fourth-order valence-corrected chi connectivity index (χ4v) is 3.03. The highest BCUT2D eigenvalue weighted by atomic mass is 35.5. The number of pyridine rings is 1. The molecule has 2 heterocycles. The molecule has 3 nitrogen and oxygen atoms in total. The molecule has 1 aliphatic rings. The van der Waals surface area contributed by atoms with Crippen LogP contribution in [0.2, 0.25) is 10.0 Å². The molecular weight excluding hydrogens is 305 g/mol. The van der Waals surface area contributed by atoms with Gasteiger partial charge in [0.15, 0.2) is 0 Å². The first-order valence-electron chi connectivity index (χ1n) is 7.09. The Labute approximate surface area is 134 Å². The lowest BCUT2D eigenvalue weighted by Gasteiger charge is -2.34. The molecule has 0 saturated carbocycles. The average molecular weight is 322 g/mol. The van der Waals surface area contributed by atoms with E-state index in [4.69, 9.17) is 23.2 Å². The molecular formula is C16H17Cl2N3. The minimum absolute atomic E-state index is 0.430. The summed E-state index contributed by atoms with van der Waals surface area (Å²) in [6, 6.07) is 10.2. The van der Waals surface area contributed by atoms with E-state index in [1.165, 1.54) is 5.69 Å². The zero-order chi connectivity index (χ0) is 14.7. The van der Waals surface area contributed by atoms with Gasteiger partial charge in [0.1, 0.15) is 0 Å². The number of halogens is 2. The summed E-state index contributed by atoms with van der Waals surface area (Å²) in [5.41, 5.74) is 2.16. The van der Waals surface area contributed by atoms with Crippen LogP contribution < -0.4 is 10.2 Å². The molecule has 1 aliphatic heterocycles. The molecule has 0 amide bonds. The lowest BCUT2D eigenvalue weighted by atomic mass is 10.0. The van der Waals surface area contributed by atoms with Gasteiger partial charge in [-0.1, -0.05) is 29.3 Å². The minimum atomic E-state index is 0.430. The molecule has 0 radical (unpaired) electrons. The van der Waals surface area contributed by atoms with E-state index in [-0.39, 0.29) is 0 Å². The zero-order valence-corrected chi connectivity index (χ0v) is 13.1. The maximum atomic E-state index is 6.23. The maximum Gasteiger partial charge on any atom is 0.0823 e. The van der Waals surface area contributed by atoms with Gasteiger partial charge in [-0.05, 0) is 37.1 Å². The number of rotatable bonds is 3. The standard InChI is InChI=1S/C16H17Cl2N3/c17-14-2-1-3-15(16(14)18)20-12-6-10-21(11-7-12)13-4-8-19-9-5-13/h1-5,8-9,12,20H,6-7,10-11H2. The van der Waals surface area contributed by atoms with Gasteiger partial charge >= 0.3 is 0 Å². The lowest BCUT2D eigenvalue weighted by molar-refractivity contribution is 0.526. The Morgan fingerprint density at radius 1 is 1.05 bits per heavy atom. The van der Waals surface area contributed by atoms with Crippen molar-refractivity contribution in [1.82, 2.24) is 4.98 Å². The van der Waals surface area contributed by atoms with Crippen LogP contribution in [0, 0.1) is 0 Å². The Bertz CT molecular complexity index is 596. The number of benzene rings is 1. The summed E-state index contributed by atoms with van der Waals surface area (Å²) in [6.07, 6.45) is 5.83. The molecule has 21 heavy (non-hydrogen) atoms. The van der Waals surface area contributed by atoms with Gasteiger partial charge in [-0.2, -0.15) is 0 Å². The number of hydrogen-bond donors (Lipinski definition) is 1. The van der Waals surface area contributed by atoms with Crippen molar-refractivity contribution in [2.24, 2.45) is 0 Å². The van der Waals surface area contributed by atoms with Gasteiger partial charge in [-0.25, -0.2) is 0 Å². The molecule has 0 bridgehead atoms. The maximum absolute atomic E-state index is 6.23. The first kappa shape index (κ1) is 14.5. The van der Waals surface area contributed by atoms with E-state index >= 15 is 0 Å². The number of nitrogens with one attached hydrogen (secondary N) is 1. The normalized spacial score (nSPS) is 16.0. The third kappa shape index (κ3) is 3.42. The number of anilines is 2. The molecule has 1 aromatic carbocycles. The van der Waals surface area contributed by atoms with Crippen molar-refractivity contribution in [2.45, 2.75) is 18.9 Å². The molecule has 0 unspecified atom stereocenters. The summed E-state index contributed by atoms with van der Waals surface area (Å²) in [7, 11) is 0. The molecule has 1 saturated heterocycles. The van der Waals surface area contributed by atoms with E-state index in [9.17, 15) is 0 Å². The second-order valence-corrected chi connectivity index (χ2v) is 6.00. The van der Waals surface area contributed by atoms with E-state index < -0.39 is 0 Å². The smallest absolute Gasteiger partial charge is 0.0823 e. The van der Waals surface area contributed by atoms with Crippen LogP contribution >= 0.6 is 23.2 Å². The van der Waals surface area contributed by atoms with Crippen molar-refractivity contribution in [3.05, 3.63) is 52.8 Å². The van der Waals surface area contributed by atoms with Crippen LogP contribution in [0.5, 0.6) is 0 Å². The Morgan fingerprint density at radius 2 is 1.76 bits per heavy atom. The fraction of sp³-hybridized carbons (Fsp3) is 0.312. The first-order chi connectivity index (χ1) is 10.2. The number of hydrogen-bond acceptors (Lipinski definition) is 3. The molecule has 1 N–H and O–H groups in total. The molecule has 0 spiro atoms. The predicted octanol–water partition coefficient (Wildman–Crippen LogP) is 4.47. The fourth-order valence-electron chi connectivity index (χ4n) is 2.67. The van der Waals surface area contributed by atoms with Gasteiger partial charge in [0.25, 0.3) is 0 Å². The molecule has 0 atom stereocenters. The third-order valence-corrected chi connectivity index (χ3v) is 4.65. The van der Waals surface area contributed by atoms with E-state index in [1.54, 1.807) is 6.07 Å².